The Kier molecular flexibility index (Phi) is 4.76. The van der Waals surface area contributed by atoms with Crippen LogP contribution in [0.25, 0.3) is 0 Å². The van der Waals surface area contributed by atoms with Crippen LogP contribution in [0.5, 0.6) is 0 Å². The highest BCUT2D eigenvalue weighted by molar-refractivity contribution is 5.88. The van der Waals surface area contributed by atoms with Gasteiger partial charge in [-0.2, -0.15) is 5.26 Å². The zero-order valence-electron chi connectivity index (χ0n) is 14.6. The van der Waals surface area contributed by atoms with Crippen molar-refractivity contribution in [1.29, 1.82) is 5.26 Å². The summed E-state index contributed by atoms with van der Waals surface area (Å²) in [7, 11) is 0. The average Bonchev–Trinajstić information content (AvgIpc) is 2.92. The smallest absolute Gasteiger partial charge is 0.154 e. The molecule has 5 heteroatoms. The first-order valence-corrected chi connectivity index (χ1v) is 9.36. The van der Waals surface area contributed by atoms with Gasteiger partial charge in [0, 0.05) is 12.5 Å². The number of hydrogen-bond acceptors (Lipinski definition) is 5. The first kappa shape index (κ1) is 17.8. The molecule has 134 valence electrons. The summed E-state index contributed by atoms with van der Waals surface area (Å²) >= 11 is 0. The molecule has 0 aliphatic heterocycles. The Bertz CT molecular complexity index is 545. The third-order valence-electron chi connectivity index (χ3n) is 7.06. The third kappa shape index (κ3) is 2.89. The molecule has 5 nitrogen and oxygen atoms in total. The molecule has 0 aromatic carbocycles. The van der Waals surface area contributed by atoms with Gasteiger partial charge in [-0.1, -0.05) is 6.92 Å². The highest BCUT2D eigenvalue weighted by atomic mass is 16.3. The van der Waals surface area contributed by atoms with Gasteiger partial charge >= 0.3 is 0 Å². The fourth-order valence-electron chi connectivity index (χ4n) is 5.99. The van der Waals surface area contributed by atoms with Crippen molar-refractivity contribution in [2.45, 2.75) is 69.9 Å². The summed E-state index contributed by atoms with van der Waals surface area (Å²) in [4.78, 5) is 13.2. The van der Waals surface area contributed by atoms with E-state index in [-0.39, 0.29) is 36.1 Å². The van der Waals surface area contributed by atoms with Crippen LogP contribution in [-0.4, -0.2) is 34.2 Å². The first-order valence-electron chi connectivity index (χ1n) is 9.36. The third-order valence-corrected chi connectivity index (χ3v) is 7.06. The highest BCUT2D eigenvalue weighted by Gasteiger charge is 2.55. The summed E-state index contributed by atoms with van der Waals surface area (Å²) < 4.78 is 0. The maximum atomic E-state index is 13.2. The molecule has 3 aliphatic rings. The van der Waals surface area contributed by atoms with Crippen LogP contribution in [0.2, 0.25) is 0 Å². The fraction of sp³-hybridized carbons (Fsp3) is 0.895. The number of nitrogens with two attached hydrogens (primary N) is 1. The number of ketones is 1. The standard InChI is InChI=1S/C19H30N2O3/c1-12-3-4-14(9-20)15(12)16(23)17(21)18-5-2-6-19(24,11-18)8-13(7-18)10-22/h12-15,17,22,24H,2-8,10-11,21H2,1H3. The van der Waals surface area contributed by atoms with E-state index in [1.807, 2.05) is 6.92 Å². The van der Waals surface area contributed by atoms with Crippen molar-refractivity contribution >= 4 is 5.78 Å². The van der Waals surface area contributed by atoms with E-state index >= 15 is 0 Å². The quantitative estimate of drug-likeness (QED) is 0.726. The second kappa shape index (κ2) is 6.40. The molecule has 0 spiro atoms. The Morgan fingerprint density at radius 3 is 2.79 bits per heavy atom. The van der Waals surface area contributed by atoms with E-state index in [2.05, 4.69) is 6.07 Å². The van der Waals surface area contributed by atoms with Crippen molar-refractivity contribution in [1.82, 2.24) is 0 Å². The Hall–Kier alpha value is -0.960. The number of hydrogen-bond donors (Lipinski definition) is 3. The van der Waals surface area contributed by atoms with Gasteiger partial charge in [-0.3, -0.25) is 4.79 Å². The van der Waals surface area contributed by atoms with Gasteiger partial charge in [-0.15, -0.1) is 0 Å². The minimum Gasteiger partial charge on any atom is -0.396 e. The van der Waals surface area contributed by atoms with E-state index in [1.54, 1.807) is 0 Å². The van der Waals surface area contributed by atoms with Crippen LogP contribution in [0.4, 0.5) is 0 Å². The van der Waals surface area contributed by atoms with Crippen LogP contribution >= 0.6 is 0 Å². The van der Waals surface area contributed by atoms with E-state index in [1.165, 1.54) is 0 Å². The molecular weight excluding hydrogens is 304 g/mol. The van der Waals surface area contributed by atoms with Crippen LogP contribution in [0.3, 0.4) is 0 Å². The molecule has 0 aromatic rings. The molecule has 0 radical (unpaired) electrons. The second-order valence-electron chi connectivity index (χ2n) is 8.77. The summed E-state index contributed by atoms with van der Waals surface area (Å²) in [5, 5.41) is 29.9. The number of aliphatic hydroxyl groups is 2. The lowest BCUT2D eigenvalue weighted by molar-refractivity contribution is -0.144. The maximum Gasteiger partial charge on any atom is 0.154 e. The molecule has 3 aliphatic carbocycles. The number of aliphatic hydroxyl groups excluding tert-OH is 1. The van der Waals surface area contributed by atoms with Crippen molar-refractivity contribution in [3.05, 3.63) is 0 Å². The second-order valence-corrected chi connectivity index (χ2v) is 8.77. The molecule has 0 amide bonds. The zero-order chi connectivity index (χ0) is 17.5. The first-order chi connectivity index (χ1) is 11.3. The van der Waals surface area contributed by atoms with Crippen molar-refractivity contribution in [2.24, 2.45) is 34.8 Å². The number of nitriles is 1. The van der Waals surface area contributed by atoms with Crippen LogP contribution in [-0.2, 0) is 4.79 Å². The summed E-state index contributed by atoms with van der Waals surface area (Å²) in [6, 6.07) is 1.66. The number of nitrogens with zero attached hydrogens (tertiary/aromatic N) is 1. The Labute approximate surface area is 144 Å². The summed E-state index contributed by atoms with van der Waals surface area (Å²) in [5.41, 5.74) is 5.30. The topological polar surface area (TPSA) is 107 Å². The Balaban J connectivity index is 1.85. The average molecular weight is 334 g/mol. The molecule has 7 unspecified atom stereocenters. The lowest BCUT2D eigenvalue weighted by atomic mass is 9.53. The van der Waals surface area contributed by atoms with Gasteiger partial charge in [0.1, 0.15) is 0 Å². The predicted molar refractivity (Wildman–Crippen MR) is 89.6 cm³/mol. The largest absolute Gasteiger partial charge is 0.396 e. The van der Waals surface area contributed by atoms with Crippen molar-refractivity contribution in [3.63, 3.8) is 0 Å². The Morgan fingerprint density at radius 2 is 2.12 bits per heavy atom. The summed E-state index contributed by atoms with van der Waals surface area (Å²) in [5.74, 6) is -0.284. The van der Waals surface area contributed by atoms with E-state index in [0.29, 0.717) is 19.3 Å². The van der Waals surface area contributed by atoms with Crippen molar-refractivity contribution in [2.75, 3.05) is 6.61 Å². The van der Waals surface area contributed by atoms with Gasteiger partial charge in [0.25, 0.3) is 0 Å². The zero-order valence-corrected chi connectivity index (χ0v) is 14.6. The summed E-state index contributed by atoms with van der Waals surface area (Å²) in [6.07, 6.45) is 5.97. The molecule has 0 saturated heterocycles. The van der Waals surface area contributed by atoms with E-state index in [0.717, 1.165) is 32.1 Å². The van der Waals surface area contributed by atoms with Gasteiger partial charge in [0.2, 0.25) is 0 Å². The molecule has 3 saturated carbocycles. The number of carbonyl (C=O) groups excluding carboxylic acids is 1. The molecule has 0 aromatic heterocycles. The lowest BCUT2D eigenvalue weighted by Crippen LogP contribution is -2.59. The van der Waals surface area contributed by atoms with Crippen molar-refractivity contribution in [3.8, 4) is 6.07 Å². The molecule has 3 rings (SSSR count). The molecule has 2 bridgehead atoms. The van der Waals surface area contributed by atoms with Gasteiger partial charge in [-0.25, -0.2) is 0 Å². The predicted octanol–water partition coefficient (Wildman–Crippen LogP) is 1.76. The van der Waals surface area contributed by atoms with Gasteiger partial charge in [0.05, 0.1) is 23.6 Å². The maximum absolute atomic E-state index is 13.2. The van der Waals surface area contributed by atoms with E-state index in [9.17, 15) is 20.3 Å². The molecule has 7 atom stereocenters. The van der Waals surface area contributed by atoms with E-state index < -0.39 is 17.1 Å². The monoisotopic (exact) mass is 334 g/mol. The van der Waals surface area contributed by atoms with Gasteiger partial charge in [-0.05, 0) is 68.6 Å². The normalized spacial score (nSPS) is 46.3. The molecule has 3 fully saturated rings. The van der Waals surface area contributed by atoms with Crippen LogP contribution in [0.1, 0.15) is 58.3 Å². The minimum atomic E-state index is -0.794. The van der Waals surface area contributed by atoms with E-state index in [4.69, 9.17) is 5.73 Å². The van der Waals surface area contributed by atoms with Crippen LogP contribution in [0, 0.1) is 40.4 Å². The number of fused-ring (bicyclic) bond motifs is 2. The number of carbonyl (C=O) groups is 1. The Morgan fingerprint density at radius 1 is 1.38 bits per heavy atom. The minimum absolute atomic E-state index is 0.00869. The molecule has 0 heterocycles. The SMILES string of the molecule is CC1CCC(C#N)C1C(=O)C(N)C12CCCC(O)(CC(CO)C1)C2. The highest BCUT2D eigenvalue weighted by Crippen LogP contribution is 2.55. The van der Waals surface area contributed by atoms with Crippen LogP contribution in [0.15, 0.2) is 0 Å². The molecule has 4 N–H and O–H groups in total. The summed E-state index contributed by atoms with van der Waals surface area (Å²) in [6.45, 7) is 2.07. The number of Topliss-reactive ketones (excluding diaryl/α,β-unsaturated/α-hetero) is 1. The molecule has 24 heavy (non-hydrogen) atoms. The molecular formula is C19H30N2O3. The van der Waals surface area contributed by atoms with Crippen molar-refractivity contribution < 1.29 is 15.0 Å². The van der Waals surface area contributed by atoms with Gasteiger partial charge in [0.15, 0.2) is 5.78 Å². The lowest BCUT2D eigenvalue weighted by Gasteiger charge is -2.54. The van der Waals surface area contributed by atoms with Crippen LogP contribution < -0.4 is 5.73 Å². The number of rotatable bonds is 4. The fourth-order valence-corrected chi connectivity index (χ4v) is 5.99. The van der Waals surface area contributed by atoms with Gasteiger partial charge < -0.3 is 15.9 Å².